The number of rotatable bonds is 5. The van der Waals surface area contributed by atoms with Crippen LogP contribution in [0.5, 0.6) is 5.75 Å². The molecule has 2 aromatic rings. The van der Waals surface area contributed by atoms with E-state index in [9.17, 15) is 14.7 Å². The normalized spacial score (nSPS) is 14.6. The number of aromatic hydroxyl groups is 1. The summed E-state index contributed by atoms with van der Waals surface area (Å²) in [5.41, 5.74) is 2.83. The standard InChI is InChI=1S/C20H22N2O3/c1-12-3-10-17(18(23)11-12)20(25)21-13(2)14-6-8-16(9-7-14)22-19(24)15-4-5-15/h3,6-11,13,15,23H,4-5H2,1-2H3,(H,21,25)(H,22,24). The third-order valence-electron chi connectivity index (χ3n) is 4.37. The van der Waals surface area contributed by atoms with Gasteiger partial charge in [0.25, 0.3) is 5.91 Å². The number of nitrogens with one attached hydrogen (secondary N) is 2. The number of hydrogen-bond acceptors (Lipinski definition) is 3. The molecule has 0 saturated heterocycles. The van der Waals surface area contributed by atoms with E-state index in [1.54, 1.807) is 18.2 Å². The third-order valence-corrected chi connectivity index (χ3v) is 4.37. The highest BCUT2D eigenvalue weighted by molar-refractivity contribution is 5.97. The molecule has 5 nitrogen and oxygen atoms in total. The number of amides is 2. The van der Waals surface area contributed by atoms with E-state index in [-0.39, 0.29) is 35.1 Å². The summed E-state index contributed by atoms with van der Waals surface area (Å²) in [7, 11) is 0. The lowest BCUT2D eigenvalue weighted by molar-refractivity contribution is -0.117. The van der Waals surface area contributed by atoms with Crippen molar-refractivity contribution in [2.45, 2.75) is 32.7 Å². The van der Waals surface area contributed by atoms with Crippen LogP contribution < -0.4 is 10.6 Å². The van der Waals surface area contributed by atoms with Crippen LogP contribution in [-0.4, -0.2) is 16.9 Å². The molecule has 0 spiro atoms. The maximum absolute atomic E-state index is 12.3. The van der Waals surface area contributed by atoms with Gasteiger partial charge in [0.1, 0.15) is 5.75 Å². The zero-order chi connectivity index (χ0) is 18.0. The van der Waals surface area contributed by atoms with E-state index in [4.69, 9.17) is 0 Å². The highest BCUT2D eigenvalue weighted by Crippen LogP contribution is 2.30. The van der Waals surface area contributed by atoms with E-state index in [1.807, 2.05) is 38.1 Å². The monoisotopic (exact) mass is 338 g/mol. The first-order valence-electron chi connectivity index (χ1n) is 8.45. The number of carbonyl (C=O) groups is 2. The Hall–Kier alpha value is -2.82. The molecule has 1 aliphatic rings. The molecule has 1 aliphatic carbocycles. The van der Waals surface area contributed by atoms with Crippen molar-refractivity contribution in [3.05, 3.63) is 59.2 Å². The number of benzene rings is 2. The summed E-state index contributed by atoms with van der Waals surface area (Å²) in [6, 6.07) is 12.2. The van der Waals surface area contributed by atoms with Crippen molar-refractivity contribution < 1.29 is 14.7 Å². The van der Waals surface area contributed by atoms with Gasteiger partial charge in [-0.05, 0) is 62.1 Å². The molecule has 3 N–H and O–H groups in total. The fourth-order valence-corrected chi connectivity index (χ4v) is 2.64. The van der Waals surface area contributed by atoms with Gasteiger partial charge in [-0.15, -0.1) is 0 Å². The Labute approximate surface area is 147 Å². The Morgan fingerprint density at radius 1 is 1.12 bits per heavy atom. The van der Waals surface area contributed by atoms with Crippen LogP contribution in [0.15, 0.2) is 42.5 Å². The smallest absolute Gasteiger partial charge is 0.255 e. The summed E-state index contributed by atoms with van der Waals surface area (Å²) in [5.74, 6) is -0.108. The van der Waals surface area contributed by atoms with Crippen LogP contribution in [0.4, 0.5) is 5.69 Å². The fourth-order valence-electron chi connectivity index (χ4n) is 2.64. The van der Waals surface area contributed by atoms with Crippen molar-refractivity contribution in [3.63, 3.8) is 0 Å². The zero-order valence-electron chi connectivity index (χ0n) is 14.4. The topological polar surface area (TPSA) is 78.4 Å². The Bertz CT molecular complexity index is 795. The van der Waals surface area contributed by atoms with Gasteiger partial charge in [0.15, 0.2) is 0 Å². The predicted molar refractivity (Wildman–Crippen MR) is 96.5 cm³/mol. The molecule has 0 radical (unpaired) electrons. The Balaban J connectivity index is 1.63. The van der Waals surface area contributed by atoms with Crippen molar-refractivity contribution in [1.29, 1.82) is 0 Å². The van der Waals surface area contributed by atoms with Crippen LogP contribution in [0.25, 0.3) is 0 Å². The van der Waals surface area contributed by atoms with Crippen molar-refractivity contribution in [3.8, 4) is 5.75 Å². The SMILES string of the molecule is Cc1ccc(C(=O)NC(C)c2ccc(NC(=O)C3CC3)cc2)c(O)c1. The summed E-state index contributed by atoms with van der Waals surface area (Å²) in [5, 5.41) is 15.7. The third kappa shape index (κ3) is 4.18. The maximum atomic E-state index is 12.3. The molecule has 3 rings (SSSR count). The average molecular weight is 338 g/mol. The predicted octanol–water partition coefficient (Wildman–Crippen LogP) is 3.54. The van der Waals surface area contributed by atoms with Crippen LogP contribution in [-0.2, 0) is 4.79 Å². The lowest BCUT2D eigenvalue weighted by Crippen LogP contribution is -2.26. The zero-order valence-corrected chi connectivity index (χ0v) is 14.4. The van der Waals surface area contributed by atoms with E-state index >= 15 is 0 Å². The number of anilines is 1. The summed E-state index contributed by atoms with van der Waals surface area (Å²) >= 11 is 0. The molecule has 0 aliphatic heterocycles. The van der Waals surface area contributed by atoms with E-state index in [1.165, 1.54) is 0 Å². The van der Waals surface area contributed by atoms with Crippen LogP contribution in [0, 0.1) is 12.8 Å². The van der Waals surface area contributed by atoms with Gasteiger partial charge in [0, 0.05) is 11.6 Å². The Morgan fingerprint density at radius 2 is 1.80 bits per heavy atom. The molecule has 1 unspecified atom stereocenters. The summed E-state index contributed by atoms with van der Waals surface area (Å²) < 4.78 is 0. The second-order valence-electron chi connectivity index (χ2n) is 6.60. The van der Waals surface area contributed by atoms with E-state index in [0.717, 1.165) is 29.7 Å². The van der Waals surface area contributed by atoms with Crippen molar-refractivity contribution >= 4 is 17.5 Å². The van der Waals surface area contributed by atoms with Gasteiger partial charge in [-0.2, -0.15) is 0 Å². The summed E-state index contributed by atoms with van der Waals surface area (Å²) in [6.07, 6.45) is 1.94. The lowest BCUT2D eigenvalue weighted by Gasteiger charge is -2.16. The van der Waals surface area contributed by atoms with Gasteiger partial charge in [0.2, 0.25) is 5.91 Å². The molecule has 2 aromatic carbocycles. The molecule has 0 bridgehead atoms. The highest BCUT2D eigenvalue weighted by Gasteiger charge is 2.29. The van der Waals surface area contributed by atoms with Crippen molar-refractivity contribution in [2.24, 2.45) is 5.92 Å². The Morgan fingerprint density at radius 3 is 2.40 bits per heavy atom. The molecule has 0 aromatic heterocycles. The van der Waals surface area contributed by atoms with Crippen molar-refractivity contribution in [2.75, 3.05) is 5.32 Å². The second kappa shape index (κ2) is 6.97. The lowest BCUT2D eigenvalue weighted by atomic mass is 10.1. The molecule has 5 heteroatoms. The van der Waals surface area contributed by atoms with Crippen LogP contribution >= 0.6 is 0 Å². The first-order chi connectivity index (χ1) is 11.9. The van der Waals surface area contributed by atoms with Gasteiger partial charge >= 0.3 is 0 Å². The molecular formula is C20H22N2O3. The molecule has 0 heterocycles. The molecule has 130 valence electrons. The average Bonchev–Trinajstić information content (AvgIpc) is 3.40. The second-order valence-corrected chi connectivity index (χ2v) is 6.60. The molecule has 1 saturated carbocycles. The summed E-state index contributed by atoms with van der Waals surface area (Å²) in [6.45, 7) is 3.73. The van der Waals surface area contributed by atoms with Gasteiger partial charge in [-0.3, -0.25) is 9.59 Å². The van der Waals surface area contributed by atoms with Crippen LogP contribution in [0.3, 0.4) is 0 Å². The Kier molecular flexibility index (Phi) is 4.74. The number of phenolic OH excluding ortho intramolecular Hbond substituents is 1. The van der Waals surface area contributed by atoms with Gasteiger partial charge < -0.3 is 15.7 Å². The highest BCUT2D eigenvalue weighted by atomic mass is 16.3. The number of phenols is 1. The van der Waals surface area contributed by atoms with Gasteiger partial charge in [0.05, 0.1) is 11.6 Å². The first kappa shape index (κ1) is 17.0. The first-order valence-corrected chi connectivity index (χ1v) is 8.45. The fraction of sp³-hybridized carbons (Fsp3) is 0.300. The molecule has 25 heavy (non-hydrogen) atoms. The van der Waals surface area contributed by atoms with Crippen LogP contribution in [0.1, 0.15) is 47.3 Å². The quantitative estimate of drug-likeness (QED) is 0.780. The minimum atomic E-state index is -0.323. The number of carbonyl (C=O) groups excluding carboxylic acids is 2. The minimum Gasteiger partial charge on any atom is -0.507 e. The van der Waals surface area contributed by atoms with E-state index in [2.05, 4.69) is 10.6 Å². The molecule has 1 fully saturated rings. The van der Waals surface area contributed by atoms with Gasteiger partial charge in [-0.25, -0.2) is 0 Å². The van der Waals surface area contributed by atoms with Crippen molar-refractivity contribution in [1.82, 2.24) is 5.32 Å². The largest absolute Gasteiger partial charge is 0.507 e. The minimum absolute atomic E-state index is 0.0252. The number of aryl methyl sites for hydroxylation is 1. The van der Waals surface area contributed by atoms with E-state index < -0.39 is 0 Å². The molecule has 1 atom stereocenters. The van der Waals surface area contributed by atoms with E-state index in [0.29, 0.717) is 0 Å². The molecular weight excluding hydrogens is 316 g/mol. The van der Waals surface area contributed by atoms with Crippen LogP contribution in [0.2, 0.25) is 0 Å². The number of hydrogen-bond donors (Lipinski definition) is 3. The summed E-state index contributed by atoms with van der Waals surface area (Å²) in [4.78, 5) is 24.1. The van der Waals surface area contributed by atoms with Gasteiger partial charge in [-0.1, -0.05) is 18.2 Å². The maximum Gasteiger partial charge on any atom is 0.255 e. The molecule has 2 amide bonds.